The van der Waals surface area contributed by atoms with Gasteiger partial charge in [0, 0.05) is 25.7 Å². The van der Waals surface area contributed by atoms with Crippen LogP contribution >= 0.6 is 15.6 Å². The van der Waals surface area contributed by atoms with Gasteiger partial charge < -0.3 is 33.8 Å². The molecule has 0 spiro atoms. The zero-order valence-corrected chi connectivity index (χ0v) is 64.5. The van der Waals surface area contributed by atoms with E-state index in [0.29, 0.717) is 25.7 Å². The third-order valence-corrected chi connectivity index (χ3v) is 19.2. The lowest BCUT2D eigenvalue weighted by atomic mass is 10.0. The molecule has 0 aliphatic carbocycles. The Balaban J connectivity index is 5.33. The van der Waals surface area contributed by atoms with Gasteiger partial charge in [0.15, 0.2) is 12.2 Å². The molecule has 5 atom stereocenters. The summed E-state index contributed by atoms with van der Waals surface area (Å²) in [6.07, 6.45) is 69.4. The molecule has 0 heterocycles. The molecule has 0 radical (unpaired) electrons. The third-order valence-electron chi connectivity index (χ3n) is 17.3. The molecule has 0 aromatic heterocycles. The van der Waals surface area contributed by atoms with Gasteiger partial charge in [-0.25, -0.2) is 9.13 Å². The molecule has 0 aliphatic heterocycles. The molecule has 0 bridgehead atoms. The number of phosphoric acid groups is 2. The molecule has 19 heteroatoms. The van der Waals surface area contributed by atoms with Gasteiger partial charge in [0.1, 0.15) is 19.3 Å². The molecule has 0 saturated heterocycles. The van der Waals surface area contributed by atoms with E-state index in [2.05, 4.69) is 76.3 Å². The van der Waals surface area contributed by atoms with Crippen LogP contribution in [-0.2, 0) is 65.4 Å². The number of unbranched alkanes of at least 4 members (excludes halogenated alkanes) is 43. The van der Waals surface area contributed by atoms with Crippen LogP contribution in [0.1, 0.15) is 374 Å². The molecule has 574 valence electrons. The highest BCUT2D eigenvalue weighted by Crippen LogP contribution is 2.45. The van der Waals surface area contributed by atoms with Gasteiger partial charge in [0.05, 0.1) is 26.4 Å². The lowest BCUT2D eigenvalue weighted by Crippen LogP contribution is -2.30. The largest absolute Gasteiger partial charge is 0.472 e. The predicted molar refractivity (Wildman–Crippen MR) is 400 cm³/mol. The first-order chi connectivity index (χ1) is 47.7. The van der Waals surface area contributed by atoms with Crippen molar-refractivity contribution in [1.29, 1.82) is 0 Å². The standard InChI is InChI=1S/C79H146O17P2/c1-5-9-13-17-21-25-29-33-36-40-43-47-51-55-59-63-76(81)89-69-74(95-78(83)65-61-57-53-49-45-39-32-28-24-20-16-12-8-4)71-93-97(85,86)91-67-73(80)68-92-98(87,88)94-72-75(96-79(84)66-62-58-54-50-46-42-38-35-31-27-23-19-15-11-7-3)70-90-77(82)64-60-56-52-48-44-41-37-34-30-26-22-18-14-10-6-2/h25,29,33-38,73-75,80H,5-24,26-28,30-32,39-72H2,1-4H3,(H,85,86)(H,87,88)/b29-25-,36-33-,37-34-,38-35-/t73-,74-,75-/m1/s1. The molecule has 98 heavy (non-hydrogen) atoms. The zero-order chi connectivity index (χ0) is 71.8. The molecule has 0 aliphatic rings. The second kappa shape index (κ2) is 72.4. The Kier molecular flexibility index (Phi) is 70.2. The molecule has 0 fully saturated rings. The van der Waals surface area contributed by atoms with Crippen LogP contribution < -0.4 is 0 Å². The molecular formula is C79H146O17P2. The summed E-state index contributed by atoms with van der Waals surface area (Å²) in [5.41, 5.74) is 0. The van der Waals surface area contributed by atoms with E-state index in [-0.39, 0.29) is 25.7 Å². The Hall–Kier alpha value is -2.98. The highest BCUT2D eigenvalue weighted by molar-refractivity contribution is 7.47. The zero-order valence-electron chi connectivity index (χ0n) is 62.7. The molecule has 0 amide bonds. The highest BCUT2D eigenvalue weighted by atomic mass is 31.2. The number of carbonyl (C=O) groups excluding carboxylic acids is 4. The summed E-state index contributed by atoms with van der Waals surface area (Å²) in [7, 11) is -9.94. The Bertz CT molecular complexity index is 2050. The van der Waals surface area contributed by atoms with Gasteiger partial charge in [-0.15, -0.1) is 0 Å². The minimum absolute atomic E-state index is 0.0886. The van der Waals surface area contributed by atoms with Crippen molar-refractivity contribution in [2.75, 3.05) is 39.6 Å². The Labute approximate surface area is 597 Å². The first kappa shape index (κ1) is 95.0. The average Bonchev–Trinajstić information content (AvgIpc) is 0.959. The van der Waals surface area contributed by atoms with Crippen molar-refractivity contribution in [3.8, 4) is 0 Å². The normalized spacial score (nSPS) is 14.2. The van der Waals surface area contributed by atoms with Crippen LogP contribution in [0.2, 0.25) is 0 Å². The summed E-state index contributed by atoms with van der Waals surface area (Å²) in [6.45, 7) is 4.88. The van der Waals surface area contributed by atoms with Crippen LogP contribution in [0.4, 0.5) is 0 Å². The number of hydrogen-bond donors (Lipinski definition) is 3. The Morgan fingerprint density at radius 1 is 0.286 bits per heavy atom. The summed E-state index contributed by atoms with van der Waals surface area (Å²) in [4.78, 5) is 72.9. The first-order valence-electron chi connectivity index (χ1n) is 39.9. The second-order valence-electron chi connectivity index (χ2n) is 27.0. The predicted octanol–water partition coefficient (Wildman–Crippen LogP) is 22.9. The van der Waals surface area contributed by atoms with Crippen molar-refractivity contribution in [3.05, 3.63) is 48.6 Å². The van der Waals surface area contributed by atoms with Crippen molar-refractivity contribution in [2.24, 2.45) is 0 Å². The fraction of sp³-hybridized carbons (Fsp3) is 0.848. The number of carbonyl (C=O) groups is 4. The van der Waals surface area contributed by atoms with Crippen molar-refractivity contribution < 1.29 is 80.2 Å². The number of aliphatic hydroxyl groups excluding tert-OH is 1. The molecule has 0 aromatic rings. The number of allylic oxidation sites excluding steroid dienone is 8. The molecule has 2 unspecified atom stereocenters. The number of hydrogen-bond acceptors (Lipinski definition) is 15. The van der Waals surface area contributed by atoms with Crippen molar-refractivity contribution in [2.45, 2.75) is 393 Å². The maximum Gasteiger partial charge on any atom is 0.472 e. The smallest absolute Gasteiger partial charge is 0.462 e. The summed E-state index contributed by atoms with van der Waals surface area (Å²) >= 11 is 0. The summed E-state index contributed by atoms with van der Waals surface area (Å²) in [5, 5.41) is 10.6. The minimum atomic E-state index is -4.97. The Morgan fingerprint density at radius 3 is 0.776 bits per heavy atom. The number of ether oxygens (including phenoxy) is 4. The average molecular weight is 1430 g/mol. The van der Waals surface area contributed by atoms with Gasteiger partial charge in [-0.1, -0.05) is 295 Å². The Morgan fingerprint density at radius 2 is 0.500 bits per heavy atom. The monoisotopic (exact) mass is 1430 g/mol. The summed E-state index contributed by atoms with van der Waals surface area (Å²) in [5.74, 6) is -2.17. The van der Waals surface area contributed by atoms with Crippen LogP contribution in [0.3, 0.4) is 0 Å². The van der Waals surface area contributed by atoms with Gasteiger partial charge in [-0.3, -0.25) is 37.3 Å². The van der Waals surface area contributed by atoms with E-state index in [9.17, 15) is 43.2 Å². The number of rotatable bonds is 76. The molecule has 0 rings (SSSR count). The van der Waals surface area contributed by atoms with Crippen LogP contribution in [0, 0.1) is 0 Å². The fourth-order valence-electron chi connectivity index (χ4n) is 11.1. The fourth-order valence-corrected chi connectivity index (χ4v) is 12.7. The van der Waals surface area contributed by atoms with Crippen LogP contribution in [0.5, 0.6) is 0 Å². The lowest BCUT2D eigenvalue weighted by Gasteiger charge is -2.21. The van der Waals surface area contributed by atoms with E-state index in [1.807, 2.05) is 0 Å². The quantitative estimate of drug-likeness (QED) is 0.0128. The van der Waals surface area contributed by atoms with Crippen molar-refractivity contribution in [3.63, 3.8) is 0 Å². The minimum Gasteiger partial charge on any atom is -0.462 e. The third kappa shape index (κ3) is 71.4. The second-order valence-corrected chi connectivity index (χ2v) is 29.9. The highest BCUT2D eigenvalue weighted by Gasteiger charge is 2.30. The molecule has 3 N–H and O–H groups in total. The van der Waals surface area contributed by atoms with E-state index in [4.69, 9.17) is 37.0 Å². The van der Waals surface area contributed by atoms with Gasteiger partial charge in [-0.2, -0.15) is 0 Å². The molecule has 0 saturated carbocycles. The lowest BCUT2D eigenvalue weighted by molar-refractivity contribution is -0.161. The van der Waals surface area contributed by atoms with Gasteiger partial charge in [0.2, 0.25) is 0 Å². The summed E-state index contributed by atoms with van der Waals surface area (Å²) < 4.78 is 68.6. The SMILES string of the molecule is CCCCCC/C=C\C=C/CCCCCCCC(=O)OC[C@H](COP(=O)(O)OC[C@@H](O)COP(=O)(O)OC[C@@H](COC(=O)CCCCCCC/C=C\CCCCCCCC)OC(=O)CCCCCCC/C=C\CCCCCCCC)OC(=O)CCCCCCCCCCCCCCC. The van der Waals surface area contributed by atoms with Crippen LogP contribution in [0.25, 0.3) is 0 Å². The van der Waals surface area contributed by atoms with E-state index in [0.717, 1.165) is 141 Å². The topological polar surface area (TPSA) is 237 Å². The number of aliphatic hydroxyl groups is 1. The number of esters is 4. The van der Waals surface area contributed by atoms with E-state index in [1.54, 1.807) is 0 Å². The first-order valence-corrected chi connectivity index (χ1v) is 42.9. The molecular weight excluding hydrogens is 1280 g/mol. The summed E-state index contributed by atoms with van der Waals surface area (Å²) in [6, 6.07) is 0. The van der Waals surface area contributed by atoms with Gasteiger partial charge in [0.25, 0.3) is 0 Å². The molecule has 0 aromatic carbocycles. The van der Waals surface area contributed by atoms with Crippen LogP contribution in [0.15, 0.2) is 48.6 Å². The van der Waals surface area contributed by atoms with Crippen molar-refractivity contribution >= 4 is 39.5 Å². The van der Waals surface area contributed by atoms with Gasteiger partial charge in [-0.05, 0) is 103 Å². The molecule has 17 nitrogen and oxygen atoms in total. The van der Waals surface area contributed by atoms with Crippen molar-refractivity contribution in [1.82, 2.24) is 0 Å². The maximum atomic E-state index is 13.1. The van der Waals surface area contributed by atoms with Crippen LogP contribution in [-0.4, -0.2) is 96.7 Å². The number of phosphoric ester groups is 2. The van der Waals surface area contributed by atoms with E-state index >= 15 is 0 Å². The van der Waals surface area contributed by atoms with E-state index in [1.165, 1.54) is 154 Å². The van der Waals surface area contributed by atoms with Gasteiger partial charge >= 0.3 is 39.5 Å². The van der Waals surface area contributed by atoms with E-state index < -0.39 is 97.5 Å². The maximum absolute atomic E-state index is 13.1.